The maximum absolute atomic E-state index is 13.8. The van der Waals surface area contributed by atoms with Crippen molar-refractivity contribution in [3.05, 3.63) is 71.3 Å². The minimum absolute atomic E-state index is 0.00854. The van der Waals surface area contributed by atoms with Crippen LogP contribution in [-0.4, -0.2) is 41.7 Å². The lowest BCUT2D eigenvalue weighted by Gasteiger charge is -2.18. The number of nitrogens with one attached hydrogen (secondary N) is 1. The Morgan fingerprint density at radius 3 is 2.40 bits per heavy atom. The summed E-state index contributed by atoms with van der Waals surface area (Å²) in [5, 5.41) is 12.5. The van der Waals surface area contributed by atoms with Crippen LogP contribution in [0.15, 0.2) is 48.5 Å². The van der Waals surface area contributed by atoms with Gasteiger partial charge >= 0.3 is 0 Å². The summed E-state index contributed by atoms with van der Waals surface area (Å²) in [5.74, 6) is -1.57. The van der Waals surface area contributed by atoms with E-state index in [0.717, 1.165) is 0 Å². The summed E-state index contributed by atoms with van der Waals surface area (Å²) in [4.78, 5) is 14.1. The molecule has 1 aliphatic rings. The Hall–Kier alpha value is -2.31. The molecule has 0 spiro atoms. The number of carbonyl (C=O) groups is 1. The van der Waals surface area contributed by atoms with Crippen LogP contribution in [-0.2, 0) is 6.54 Å². The monoisotopic (exact) mass is 346 g/mol. The summed E-state index contributed by atoms with van der Waals surface area (Å²) in [7, 11) is 0. The molecular formula is C19H20F2N2O2. The standard InChI is InChI=1S/C19H20F2N2O2/c20-16-7-4-8-17(21)15(16)10-23-9-14(12-24)18(11-23)22-19(25)13-5-2-1-3-6-13/h1-8,14,18,24H,9-12H2,(H,22,25). The molecule has 0 bridgehead atoms. The van der Waals surface area contributed by atoms with Crippen LogP contribution in [0.3, 0.4) is 0 Å². The van der Waals surface area contributed by atoms with Crippen molar-refractivity contribution in [3.8, 4) is 0 Å². The molecule has 2 aromatic rings. The molecule has 2 N–H and O–H groups in total. The fourth-order valence-electron chi connectivity index (χ4n) is 3.19. The average molecular weight is 346 g/mol. The second-order valence-electron chi connectivity index (χ2n) is 6.28. The molecule has 1 aliphatic heterocycles. The molecule has 0 aliphatic carbocycles. The average Bonchev–Trinajstić information content (AvgIpc) is 3.00. The first-order chi connectivity index (χ1) is 12.1. The van der Waals surface area contributed by atoms with Crippen LogP contribution in [0.25, 0.3) is 0 Å². The molecule has 2 atom stereocenters. The molecule has 1 amide bonds. The minimum Gasteiger partial charge on any atom is -0.396 e. The number of amides is 1. The molecule has 3 rings (SSSR count). The van der Waals surface area contributed by atoms with E-state index in [4.69, 9.17) is 0 Å². The first-order valence-electron chi connectivity index (χ1n) is 8.20. The van der Waals surface area contributed by atoms with Crippen molar-refractivity contribution >= 4 is 5.91 Å². The van der Waals surface area contributed by atoms with Crippen LogP contribution >= 0.6 is 0 Å². The van der Waals surface area contributed by atoms with Gasteiger partial charge in [-0.15, -0.1) is 0 Å². The SMILES string of the molecule is O=C(NC1CN(Cc2c(F)cccc2F)CC1CO)c1ccccc1. The molecular weight excluding hydrogens is 326 g/mol. The molecule has 2 aromatic carbocycles. The van der Waals surface area contributed by atoms with Gasteiger partial charge in [0.1, 0.15) is 11.6 Å². The first-order valence-corrected chi connectivity index (χ1v) is 8.20. The Bertz CT molecular complexity index is 719. The lowest BCUT2D eigenvalue weighted by atomic mass is 10.0. The van der Waals surface area contributed by atoms with Gasteiger partial charge in [-0.05, 0) is 24.3 Å². The Balaban J connectivity index is 1.67. The van der Waals surface area contributed by atoms with Gasteiger partial charge in [-0.2, -0.15) is 0 Å². The van der Waals surface area contributed by atoms with Crippen LogP contribution in [0.5, 0.6) is 0 Å². The van der Waals surface area contributed by atoms with Gasteiger partial charge in [0.15, 0.2) is 0 Å². The quantitative estimate of drug-likeness (QED) is 0.873. The number of halogens is 2. The number of aliphatic hydroxyl groups excluding tert-OH is 1. The molecule has 4 nitrogen and oxygen atoms in total. The number of rotatable bonds is 5. The summed E-state index contributed by atoms with van der Waals surface area (Å²) in [5.41, 5.74) is 0.548. The highest BCUT2D eigenvalue weighted by molar-refractivity contribution is 5.94. The van der Waals surface area contributed by atoms with E-state index in [1.54, 1.807) is 24.3 Å². The van der Waals surface area contributed by atoms with Crippen molar-refractivity contribution in [1.29, 1.82) is 0 Å². The number of aliphatic hydroxyl groups is 1. The Morgan fingerprint density at radius 2 is 1.76 bits per heavy atom. The maximum atomic E-state index is 13.8. The molecule has 0 aromatic heterocycles. The van der Waals surface area contributed by atoms with Gasteiger partial charge in [-0.25, -0.2) is 8.78 Å². The van der Waals surface area contributed by atoms with E-state index >= 15 is 0 Å². The number of carbonyl (C=O) groups excluding carboxylic acids is 1. The predicted molar refractivity (Wildman–Crippen MR) is 89.9 cm³/mol. The third kappa shape index (κ3) is 4.03. The number of hydrogen-bond donors (Lipinski definition) is 2. The van der Waals surface area contributed by atoms with Crippen molar-refractivity contribution < 1.29 is 18.7 Å². The summed E-state index contributed by atoms with van der Waals surface area (Å²) in [6, 6.07) is 12.3. The smallest absolute Gasteiger partial charge is 0.251 e. The van der Waals surface area contributed by atoms with Gasteiger partial charge in [0.05, 0.1) is 0 Å². The second-order valence-corrected chi connectivity index (χ2v) is 6.28. The minimum atomic E-state index is -0.586. The summed E-state index contributed by atoms with van der Waals surface area (Å²) in [6.07, 6.45) is 0. The largest absolute Gasteiger partial charge is 0.396 e. The Labute approximate surface area is 145 Å². The molecule has 1 fully saturated rings. The first kappa shape index (κ1) is 17.5. The topological polar surface area (TPSA) is 52.6 Å². The fourth-order valence-corrected chi connectivity index (χ4v) is 3.19. The fraction of sp³-hybridized carbons (Fsp3) is 0.316. The zero-order chi connectivity index (χ0) is 17.8. The lowest BCUT2D eigenvalue weighted by Crippen LogP contribution is -2.41. The zero-order valence-electron chi connectivity index (χ0n) is 13.7. The predicted octanol–water partition coefficient (Wildman–Crippen LogP) is 2.19. The Morgan fingerprint density at radius 1 is 1.08 bits per heavy atom. The highest BCUT2D eigenvalue weighted by Crippen LogP contribution is 2.22. The maximum Gasteiger partial charge on any atom is 0.251 e. The van der Waals surface area contributed by atoms with Crippen LogP contribution < -0.4 is 5.32 Å². The van der Waals surface area contributed by atoms with Crippen LogP contribution in [0.1, 0.15) is 15.9 Å². The van der Waals surface area contributed by atoms with Gasteiger partial charge in [0.25, 0.3) is 5.91 Å². The van der Waals surface area contributed by atoms with E-state index in [1.807, 2.05) is 11.0 Å². The molecule has 25 heavy (non-hydrogen) atoms. The molecule has 6 heteroatoms. The molecule has 132 valence electrons. The van der Waals surface area contributed by atoms with E-state index in [1.165, 1.54) is 18.2 Å². The van der Waals surface area contributed by atoms with E-state index < -0.39 is 11.6 Å². The van der Waals surface area contributed by atoms with Gasteiger partial charge in [-0.1, -0.05) is 24.3 Å². The molecule has 0 saturated carbocycles. The number of nitrogens with zero attached hydrogens (tertiary/aromatic N) is 1. The van der Waals surface area contributed by atoms with Gasteiger partial charge in [-0.3, -0.25) is 9.69 Å². The summed E-state index contributed by atoms with van der Waals surface area (Å²) < 4.78 is 27.7. The lowest BCUT2D eigenvalue weighted by molar-refractivity contribution is 0.0921. The van der Waals surface area contributed by atoms with Crippen molar-refractivity contribution in [2.75, 3.05) is 19.7 Å². The van der Waals surface area contributed by atoms with Crippen LogP contribution in [0, 0.1) is 17.6 Å². The highest BCUT2D eigenvalue weighted by Gasteiger charge is 2.34. The highest BCUT2D eigenvalue weighted by atomic mass is 19.1. The number of benzene rings is 2. The van der Waals surface area contributed by atoms with E-state index in [2.05, 4.69) is 5.32 Å². The third-order valence-corrected chi connectivity index (χ3v) is 4.55. The summed E-state index contributed by atoms with van der Waals surface area (Å²) in [6.45, 7) is 0.893. The summed E-state index contributed by atoms with van der Waals surface area (Å²) >= 11 is 0. The van der Waals surface area contributed by atoms with Gasteiger partial charge in [0, 0.05) is 49.3 Å². The normalized spacial score (nSPS) is 20.6. The van der Waals surface area contributed by atoms with Crippen LogP contribution in [0.2, 0.25) is 0 Å². The zero-order valence-corrected chi connectivity index (χ0v) is 13.7. The third-order valence-electron chi connectivity index (χ3n) is 4.55. The molecule has 1 saturated heterocycles. The van der Waals surface area contributed by atoms with E-state index in [0.29, 0.717) is 18.7 Å². The van der Waals surface area contributed by atoms with Gasteiger partial charge < -0.3 is 10.4 Å². The Kier molecular flexibility index (Phi) is 5.40. The van der Waals surface area contributed by atoms with Crippen LogP contribution in [0.4, 0.5) is 8.78 Å². The molecule has 0 radical (unpaired) electrons. The van der Waals surface area contributed by atoms with E-state index in [9.17, 15) is 18.7 Å². The van der Waals surface area contributed by atoms with Crippen molar-refractivity contribution in [2.45, 2.75) is 12.6 Å². The number of likely N-dealkylation sites (tertiary alicyclic amines) is 1. The number of hydrogen-bond acceptors (Lipinski definition) is 3. The van der Waals surface area contributed by atoms with Crippen molar-refractivity contribution in [3.63, 3.8) is 0 Å². The molecule has 1 heterocycles. The van der Waals surface area contributed by atoms with Crippen molar-refractivity contribution in [1.82, 2.24) is 10.2 Å². The molecule has 2 unspecified atom stereocenters. The van der Waals surface area contributed by atoms with Gasteiger partial charge in [0.2, 0.25) is 0 Å². The van der Waals surface area contributed by atoms with E-state index in [-0.39, 0.29) is 36.6 Å². The van der Waals surface area contributed by atoms with Crippen molar-refractivity contribution in [2.24, 2.45) is 5.92 Å². The second kappa shape index (κ2) is 7.72.